The SMILES string of the molecule is COc1ccc(OC)c(NC(=O)CSc2nnc(C)n2CC2CCCO2)c1. The van der Waals surface area contributed by atoms with Crippen LogP contribution in [0.15, 0.2) is 23.4 Å². The molecule has 2 aromatic rings. The van der Waals surface area contributed by atoms with Gasteiger partial charge in [-0.1, -0.05) is 11.8 Å². The third-order valence-corrected chi connectivity index (χ3v) is 5.29. The lowest BCUT2D eigenvalue weighted by Crippen LogP contribution is -2.18. The lowest BCUT2D eigenvalue weighted by molar-refractivity contribution is -0.113. The van der Waals surface area contributed by atoms with Gasteiger partial charge in [-0.05, 0) is 31.9 Å². The second kappa shape index (κ2) is 9.09. The molecule has 1 aromatic heterocycles. The molecule has 0 spiro atoms. The van der Waals surface area contributed by atoms with Crippen molar-refractivity contribution in [2.75, 3.05) is 31.9 Å². The highest BCUT2D eigenvalue weighted by molar-refractivity contribution is 7.99. The average molecular weight is 392 g/mol. The Morgan fingerprint density at radius 3 is 2.93 bits per heavy atom. The largest absolute Gasteiger partial charge is 0.497 e. The Labute approximate surface area is 162 Å². The van der Waals surface area contributed by atoms with Gasteiger partial charge in [0.2, 0.25) is 5.91 Å². The van der Waals surface area contributed by atoms with E-state index in [1.165, 1.54) is 11.8 Å². The summed E-state index contributed by atoms with van der Waals surface area (Å²) >= 11 is 1.35. The first-order valence-electron chi connectivity index (χ1n) is 8.76. The Kier molecular flexibility index (Phi) is 6.57. The van der Waals surface area contributed by atoms with Crippen molar-refractivity contribution in [3.8, 4) is 11.5 Å². The van der Waals surface area contributed by atoms with Crippen LogP contribution in [0.5, 0.6) is 11.5 Å². The van der Waals surface area contributed by atoms with Crippen LogP contribution in [0, 0.1) is 6.92 Å². The lowest BCUT2D eigenvalue weighted by Gasteiger charge is -2.14. The summed E-state index contributed by atoms with van der Waals surface area (Å²) in [6.45, 7) is 3.43. The molecule has 1 fully saturated rings. The zero-order valence-corrected chi connectivity index (χ0v) is 16.5. The van der Waals surface area contributed by atoms with Gasteiger partial charge in [0, 0.05) is 12.7 Å². The van der Waals surface area contributed by atoms with Crippen molar-refractivity contribution < 1.29 is 19.0 Å². The number of hydrogen-bond acceptors (Lipinski definition) is 7. The van der Waals surface area contributed by atoms with Gasteiger partial charge in [-0.15, -0.1) is 10.2 Å². The van der Waals surface area contributed by atoms with E-state index < -0.39 is 0 Å². The summed E-state index contributed by atoms with van der Waals surface area (Å²) in [5, 5.41) is 11.9. The van der Waals surface area contributed by atoms with Gasteiger partial charge in [0.05, 0.1) is 38.3 Å². The van der Waals surface area contributed by atoms with Gasteiger partial charge in [0.1, 0.15) is 17.3 Å². The molecule has 0 saturated carbocycles. The summed E-state index contributed by atoms with van der Waals surface area (Å²) in [5.74, 6) is 2.10. The molecule has 9 heteroatoms. The number of aromatic nitrogens is 3. The molecule has 8 nitrogen and oxygen atoms in total. The lowest BCUT2D eigenvalue weighted by atomic mass is 10.2. The molecule has 1 aliphatic heterocycles. The van der Waals surface area contributed by atoms with Gasteiger partial charge < -0.3 is 24.1 Å². The van der Waals surface area contributed by atoms with Crippen molar-refractivity contribution in [1.29, 1.82) is 0 Å². The van der Waals surface area contributed by atoms with E-state index in [4.69, 9.17) is 14.2 Å². The van der Waals surface area contributed by atoms with Crippen LogP contribution in [-0.4, -0.2) is 53.4 Å². The molecule has 1 unspecified atom stereocenters. The van der Waals surface area contributed by atoms with Gasteiger partial charge in [-0.2, -0.15) is 0 Å². The third-order valence-electron chi connectivity index (χ3n) is 4.33. The van der Waals surface area contributed by atoms with Crippen molar-refractivity contribution in [1.82, 2.24) is 14.8 Å². The quantitative estimate of drug-likeness (QED) is 0.691. The van der Waals surface area contributed by atoms with E-state index in [-0.39, 0.29) is 17.8 Å². The van der Waals surface area contributed by atoms with Crippen LogP contribution >= 0.6 is 11.8 Å². The number of amides is 1. The molecule has 1 atom stereocenters. The first kappa shape index (κ1) is 19.5. The highest BCUT2D eigenvalue weighted by atomic mass is 32.2. The molecule has 1 amide bonds. The van der Waals surface area contributed by atoms with Gasteiger partial charge in [0.15, 0.2) is 5.16 Å². The Morgan fingerprint density at radius 1 is 1.37 bits per heavy atom. The molecule has 1 N–H and O–H groups in total. The number of rotatable bonds is 8. The minimum absolute atomic E-state index is 0.157. The molecule has 3 rings (SSSR count). The highest BCUT2D eigenvalue weighted by Gasteiger charge is 2.20. The number of anilines is 1. The Balaban J connectivity index is 1.61. The number of ether oxygens (including phenoxy) is 3. The maximum absolute atomic E-state index is 12.4. The number of aryl methyl sites for hydroxylation is 1. The number of methoxy groups -OCH3 is 2. The maximum atomic E-state index is 12.4. The average Bonchev–Trinajstić information content (AvgIpc) is 3.31. The van der Waals surface area contributed by atoms with Crippen molar-refractivity contribution in [2.45, 2.75) is 37.6 Å². The number of carbonyl (C=O) groups is 1. The first-order valence-corrected chi connectivity index (χ1v) is 9.75. The highest BCUT2D eigenvalue weighted by Crippen LogP contribution is 2.29. The van der Waals surface area contributed by atoms with Gasteiger partial charge >= 0.3 is 0 Å². The Hall–Kier alpha value is -2.26. The van der Waals surface area contributed by atoms with E-state index >= 15 is 0 Å². The van der Waals surface area contributed by atoms with Crippen LogP contribution in [-0.2, 0) is 16.1 Å². The Morgan fingerprint density at radius 2 is 2.22 bits per heavy atom. The summed E-state index contributed by atoms with van der Waals surface area (Å²) < 4.78 is 18.2. The summed E-state index contributed by atoms with van der Waals surface area (Å²) in [5.41, 5.74) is 0.569. The molecule has 0 radical (unpaired) electrons. The molecule has 1 aromatic carbocycles. The van der Waals surface area contributed by atoms with Crippen molar-refractivity contribution >= 4 is 23.4 Å². The van der Waals surface area contributed by atoms with Gasteiger partial charge in [-0.3, -0.25) is 4.79 Å². The fourth-order valence-corrected chi connectivity index (χ4v) is 3.69. The molecule has 2 heterocycles. The molecule has 1 saturated heterocycles. The van der Waals surface area contributed by atoms with Gasteiger partial charge in [0.25, 0.3) is 0 Å². The van der Waals surface area contributed by atoms with E-state index in [1.54, 1.807) is 32.4 Å². The number of thioether (sulfide) groups is 1. The number of nitrogens with one attached hydrogen (secondary N) is 1. The molecule has 146 valence electrons. The van der Waals surface area contributed by atoms with E-state index in [1.807, 2.05) is 11.5 Å². The van der Waals surface area contributed by atoms with Crippen LogP contribution in [0.3, 0.4) is 0 Å². The zero-order chi connectivity index (χ0) is 19.2. The summed E-state index contributed by atoms with van der Waals surface area (Å²) in [4.78, 5) is 12.4. The Bertz CT molecular complexity index is 790. The van der Waals surface area contributed by atoms with Crippen LogP contribution < -0.4 is 14.8 Å². The topological polar surface area (TPSA) is 87.5 Å². The molecular weight excluding hydrogens is 368 g/mol. The third kappa shape index (κ3) is 4.92. The number of hydrogen-bond donors (Lipinski definition) is 1. The molecular formula is C18H24N4O4S. The van der Waals surface area contributed by atoms with Crippen LogP contribution in [0.2, 0.25) is 0 Å². The van der Waals surface area contributed by atoms with Crippen molar-refractivity contribution in [3.05, 3.63) is 24.0 Å². The number of carbonyl (C=O) groups excluding carboxylic acids is 1. The number of benzene rings is 1. The van der Waals surface area contributed by atoms with Crippen LogP contribution in [0.25, 0.3) is 0 Å². The monoisotopic (exact) mass is 392 g/mol. The molecule has 27 heavy (non-hydrogen) atoms. The molecule has 0 aliphatic carbocycles. The summed E-state index contributed by atoms with van der Waals surface area (Å²) in [7, 11) is 3.13. The standard InChI is InChI=1S/C18H24N4O4S/c1-12-20-21-18(22(12)10-14-5-4-8-26-14)27-11-17(23)19-15-9-13(24-2)6-7-16(15)25-3/h6-7,9,14H,4-5,8,10-11H2,1-3H3,(H,19,23). The fraction of sp³-hybridized carbons (Fsp3) is 0.500. The van der Waals surface area contributed by atoms with Crippen molar-refractivity contribution in [2.24, 2.45) is 0 Å². The predicted molar refractivity (Wildman–Crippen MR) is 103 cm³/mol. The minimum Gasteiger partial charge on any atom is -0.497 e. The number of nitrogens with zero attached hydrogens (tertiary/aromatic N) is 3. The minimum atomic E-state index is -0.157. The van der Waals surface area contributed by atoms with E-state index in [9.17, 15) is 4.79 Å². The van der Waals surface area contributed by atoms with E-state index in [0.29, 0.717) is 23.7 Å². The van der Waals surface area contributed by atoms with Crippen LogP contribution in [0.4, 0.5) is 5.69 Å². The van der Waals surface area contributed by atoms with E-state index in [2.05, 4.69) is 15.5 Å². The molecule has 0 bridgehead atoms. The summed E-state index contributed by atoms with van der Waals surface area (Å²) in [6, 6.07) is 5.26. The maximum Gasteiger partial charge on any atom is 0.234 e. The van der Waals surface area contributed by atoms with Crippen molar-refractivity contribution in [3.63, 3.8) is 0 Å². The predicted octanol–water partition coefficient (Wildman–Crippen LogP) is 2.51. The fourth-order valence-electron chi connectivity index (χ4n) is 2.90. The summed E-state index contributed by atoms with van der Waals surface area (Å²) in [6.07, 6.45) is 2.31. The zero-order valence-electron chi connectivity index (χ0n) is 15.7. The van der Waals surface area contributed by atoms with Crippen LogP contribution in [0.1, 0.15) is 18.7 Å². The normalized spacial score (nSPS) is 16.3. The van der Waals surface area contributed by atoms with Gasteiger partial charge in [-0.25, -0.2) is 0 Å². The smallest absolute Gasteiger partial charge is 0.234 e. The van der Waals surface area contributed by atoms with E-state index in [0.717, 1.165) is 30.4 Å². The second-order valence-electron chi connectivity index (χ2n) is 6.18. The first-order chi connectivity index (χ1) is 13.1. The molecule has 1 aliphatic rings. The second-order valence-corrected chi connectivity index (χ2v) is 7.12.